The Kier molecular flexibility index (Phi) is 3.69. The highest BCUT2D eigenvalue weighted by Gasteiger charge is 2.30. The molecule has 1 aliphatic rings. The first-order valence-corrected chi connectivity index (χ1v) is 5.08. The average Bonchev–Trinajstić information content (AvgIpc) is 2.34. The lowest BCUT2D eigenvalue weighted by Gasteiger charge is -2.04. The van der Waals surface area contributed by atoms with Gasteiger partial charge in [0.15, 0.2) is 5.78 Å². The van der Waals surface area contributed by atoms with Crippen molar-refractivity contribution in [3.8, 4) is 0 Å². The van der Waals surface area contributed by atoms with Crippen LogP contribution in [0.1, 0.15) is 20.8 Å². The van der Waals surface area contributed by atoms with Gasteiger partial charge in [-0.3, -0.25) is 9.59 Å². The normalized spacial score (nSPS) is 23.9. The quantitative estimate of drug-likeness (QED) is 0.413. The molecule has 15 heavy (non-hydrogen) atoms. The number of hydrogen-bond acceptors (Lipinski definition) is 3. The maximum absolute atomic E-state index is 11.7. The van der Waals surface area contributed by atoms with Crippen LogP contribution in [-0.2, 0) is 14.3 Å². The molecule has 0 aliphatic heterocycles. The predicted octanol–water partition coefficient (Wildman–Crippen LogP) is 2.00. The van der Waals surface area contributed by atoms with Crippen molar-refractivity contribution in [1.82, 2.24) is 0 Å². The fourth-order valence-electron chi connectivity index (χ4n) is 1.38. The van der Waals surface area contributed by atoms with Crippen molar-refractivity contribution < 1.29 is 14.3 Å². The van der Waals surface area contributed by atoms with Crippen LogP contribution in [0.4, 0.5) is 0 Å². The second kappa shape index (κ2) is 4.62. The average molecular weight is 229 g/mol. The summed E-state index contributed by atoms with van der Waals surface area (Å²) in [7, 11) is 0. The summed E-state index contributed by atoms with van der Waals surface area (Å²) in [6.45, 7) is 5.00. The van der Waals surface area contributed by atoms with Crippen molar-refractivity contribution in [3.05, 3.63) is 22.8 Å². The fourth-order valence-corrected chi connectivity index (χ4v) is 1.73. The second-order valence-electron chi connectivity index (χ2n) is 3.46. The SMILES string of the molecule is CC(=O)OC/C=C1/C(=O)C(C)=C(C)C1Cl. The second-order valence-corrected chi connectivity index (χ2v) is 3.90. The van der Waals surface area contributed by atoms with Crippen LogP contribution < -0.4 is 0 Å². The largest absolute Gasteiger partial charge is 0.462 e. The Morgan fingerprint density at radius 3 is 2.53 bits per heavy atom. The van der Waals surface area contributed by atoms with E-state index in [9.17, 15) is 9.59 Å². The lowest BCUT2D eigenvalue weighted by Crippen LogP contribution is -2.07. The van der Waals surface area contributed by atoms with E-state index in [2.05, 4.69) is 0 Å². The van der Waals surface area contributed by atoms with Crippen LogP contribution in [-0.4, -0.2) is 23.7 Å². The molecule has 1 aliphatic carbocycles. The highest BCUT2D eigenvalue weighted by atomic mass is 35.5. The zero-order chi connectivity index (χ0) is 11.6. The maximum atomic E-state index is 11.7. The summed E-state index contributed by atoms with van der Waals surface area (Å²) in [5.41, 5.74) is 2.06. The van der Waals surface area contributed by atoms with Crippen LogP contribution in [0.5, 0.6) is 0 Å². The van der Waals surface area contributed by atoms with Gasteiger partial charge in [0, 0.05) is 12.5 Å². The summed E-state index contributed by atoms with van der Waals surface area (Å²) < 4.78 is 4.73. The van der Waals surface area contributed by atoms with E-state index in [-0.39, 0.29) is 23.7 Å². The molecule has 1 unspecified atom stereocenters. The number of alkyl halides is 1. The Labute approximate surface area is 93.7 Å². The summed E-state index contributed by atoms with van der Waals surface area (Å²) in [5, 5.41) is -0.381. The molecule has 0 aromatic rings. The number of allylic oxidation sites excluding steroid dienone is 3. The zero-order valence-electron chi connectivity index (χ0n) is 8.96. The Morgan fingerprint density at radius 1 is 1.53 bits per heavy atom. The third kappa shape index (κ3) is 2.48. The van der Waals surface area contributed by atoms with Crippen molar-refractivity contribution in [2.24, 2.45) is 0 Å². The summed E-state index contributed by atoms with van der Waals surface area (Å²) >= 11 is 6.05. The molecule has 0 radical (unpaired) electrons. The molecule has 0 bridgehead atoms. The maximum Gasteiger partial charge on any atom is 0.302 e. The first kappa shape index (κ1) is 12.0. The van der Waals surface area contributed by atoms with Crippen LogP contribution in [0.3, 0.4) is 0 Å². The monoisotopic (exact) mass is 228 g/mol. The van der Waals surface area contributed by atoms with Gasteiger partial charge in [0.1, 0.15) is 6.61 Å². The van der Waals surface area contributed by atoms with E-state index in [1.54, 1.807) is 13.0 Å². The number of ether oxygens (including phenoxy) is 1. The topological polar surface area (TPSA) is 43.4 Å². The van der Waals surface area contributed by atoms with Crippen LogP contribution in [0.15, 0.2) is 22.8 Å². The van der Waals surface area contributed by atoms with E-state index < -0.39 is 0 Å². The molecule has 0 N–H and O–H groups in total. The zero-order valence-corrected chi connectivity index (χ0v) is 9.72. The van der Waals surface area contributed by atoms with Gasteiger partial charge >= 0.3 is 5.97 Å². The summed E-state index contributed by atoms with van der Waals surface area (Å²) in [5.74, 6) is -0.426. The molecule has 1 atom stereocenters. The summed E-state index contributed by atoms with van der Waals surface area (Å²) in [6, 6.07) is 0. The number of rotatable bonds is 2. The van der Waals surface area contributed by atoms with E-state index in [4.69, 9.17) is 16.3 Å². The smallest absolute Gasteiger partial charge is 0.302 e. The van der Waals surface area contributed by atoms with Gasteiger partial charge < -0.3 is 4.74 Å². The Hall–Kier alpha value is -1.09. The number of carbonyl (C=O) groups is 2. The van der Waals surface area contributed by atoms with Crippen molar-refractivity contribution in [2.75, 3.05) is 6.61 Å². The molecule has 82 valence electrons. The number of carbonyl (C=O) groups excluding carboxylic acids is 2. The highest BCUT2D eigenvalue weighted by molar-refractivity contribution is 6.32. The number of hydrogen-bond donors (Lipinski definition) is 0. The van der Waals surface area contributed by atoms with Crippen molar-refractivity contribution in [3.63, 3.8) is 0 Å². The predicted molar refractivity (Wildman–Crippen MR) is 57.7 cm³/mol. The molecule has 0 spiro atoms. The van der Waals surface area contributed by atoms with Crippen LogP contribution in [0.2, 0.25) is 0 Å². The lowest BCUT2D eigenvalue weighted by molar-refractivity contribution is -0.139. The molecule has 3 nitrogen and oxygen atoms in total. The van der Waals surface area contributed by atoms with E-state index in [1.165, 1.54) is 6.92 Å². The number of halogens is 1. The van der Waals surface area contributed by atoms with Crippen LogP contribution in [0.25, 0.3) is 0 Å². The minimum atomic E-state index is -0.381. The number of esters is 1. The molecule has 0 amide bonds. The number of ketones is 1. The lowest BCUT2D eigenvalue weighted by atomic mass is 10.1. The molecule has 0 saturated heterocycles. The summed E-state index contributed by atoms with van der Waals surface area (Å²) in [4.78, 5) is 22.2. The van der Waals surface area contributed by atoms with E-state index >= 15 is 0 Å². The van der Waals surface area contributed by atoms with Gasteiger partial charge in [0.2, 0.25) is 0 Å². The molecular weight excluding hydrogens is 216 g/mol. The molecule has 0 saturated carbocycles. The third-order valence-electron chi connectivity index (χ3n) is 2.44. The summed E-state index contributed by atoms with van der Waals surface area (Å²) in [6.07, 6.45) is 1.57. The van der Waals surface area contributed by atoms with Crippen LogP contribution in [0, 0.1) is 0 Å². The minimum absolute atomic E-state index is 0.0559. The first-order valence-electron chi connectivity index (χ1n) is 4.64. The van der Waals surface area contributed by atoms with Gasteiger partial charge in [-0.2, -0.15) is 0 Å². The van der Waals surface area contributed by atoms with Crippen molar-refractivity contribution in [2.45, 2.75) is 26.1 Å². The third-order valence-corrected chi connectivity index (χ3v) is 3.00. The van der Waals surface area contributed by atoms with E-state index in [1.807, 2.05) is 6.92 Å². The van der Waals surface area contributed by atoms with Crippen LogP contribution >= 0.6 is 11.6 Å². The van der Waals surface area contributed by atoms with Gasteiger partial charge in [0.25, 0.3) is 0 Å². The van der Waals surface area contributed by atoms with E-state index in [0.29, 0.717) is 11.1 Å². The molecule has 0 aromatic heterocycles. The molecule has 0 aromatic carbocycles. The number of Topliss-reactive ketones (excluding diaryl/α,β-unsaturated/α-hetero) is 1. The highest BCUT2D eigenvalue weighted by Crippen LogP contribution is 2.31. The first-order chi connectivity index (χ1) is 6.95. The van der Waals surface area contributed by atoms with Crippen molar-refractivity contribution >= 4 is 23.4 Å². The molecule has 0 heterocycles. The van der Waals surface area contributed by atoms with Gasteiger partial charge in [-0.25, -0.2) is 0 Å². The van der Waals surface area contributed by atoms with Gasteiger partial charge in [0.05, 0.1) is 5.38 Å². The van der Waals surface area contributed by atoms with E-state index in [0.717, 1.165) is 5.57 Å². The van der Waals surface area contributed by atoms with Gasteiger partial charge in [-0.15, -0.1) is 11.6 Å². The molecule has 1 rings (SSSR count). The Bertz CT molecular complexity index is 366. The van der Waals surface area contributed by atoms with Gasteiger partial charge in [-0.05, 0) is 31.1 Å². The Morgan fingerprint density at radius 2 is 2.13 bits per heavy atom. The molecule has 4 heteroatoms. The minimum Gasteiger partial charge on any atom is -0.462 e. The van der Waals surface area contributed by atoms with Gasteiger partial charge in [-0.1, -0.05) is 0 Å². The standard InChI is InChI=1S/C11H13ClO3/c1-6-7(2)11(14)9(10(6)12)4-5-15-8(3)13/h4,10H,5H2,1-3H3/b9-4+. The molecule has 0 fully saturated rings. The van der Waals surface area contributed by atoms with Crippen molar-refractivity contribution in [1.29, 1.82) is 0 Å². The fraction of sp³-hybridized carbons (Fsp3) is 0.455. The molecular formula is C11H13ClO3. The Balaban J connectivity index is 2.74.